The maximum atomic E-state index is 13.0. The standard InChI is InChI=1S/C19H19ClN2O3S/c1-3-4-9-25-19(24)12(2)22-11-21-17-16(18(22)23)15(10-26-17)13-5-7-14(20)8-6-13/h5-8,10-12H,3-4,9H2,1-2H3. The molecule has 1 unspecified atom stereocenters. The Morgan fingerprint density at radius 2 is 2.08 bits per heavy atom. The van der Waals surface area contributed by atoms with E-state index in [1.54, 1.807) is 19.1 Å². The van der Waals surface area contributed by atoms with Crippen LogP contribution in [0.5, 0.6) is 0 Å². The van der Waals surface area contributed by atoms with E-state index in [0.717, 1.165) is 24.0 Å². The number of aromatic nitrogens is 2. The van der Waals surface area contributed by atoms with Crippen LogP contribution in [0.2, 0.25) is 5.02 Å². The number of fused-ring (bicyclic) bond motifs is 1. The number of carbonyl (C=O) groups is 1. The number of hydrogen-bond acceptors (Lipinski definition) is 5. The van der Waals surface area contributed by atoms with Gasteiger partial charge in [0.15, 0.2) is 0 Å². The Hall–Kier alpha value is -2.18. The zero-order valence-corrected chi connectivity index (χ0v) is 16.1. The summed E-state index contributed by atoms with van der Waals surface area (Å²) in [5, 5.41) is 3.04. The van der Waals surface area contributed by atoms with E-state index < -0.39 is 12.0 Å². The lowest BCUT2D eigenvalue weighted by Crippen LogP contribution is -2.29. The smallest absolute Gasteiger partial charge is 0.328 e. The van der Waals surface area contributed by atoms with Crippen LogP contribution >= 0.6 is 22.9 Å². The third-order valence-corrected chi connectivity index (χ3v) is 5.31. The van der Waals surface area contributed by atoms with E-state index >= 15 is 0 Å². The number of unbranched alkanes of at least 4 members (excludes halogenated alkanes) is 1. The SMILES string of the molecule is CCCCOC(=O)C(C)n1cnc2scc(-c3ccc(Cl)cc3)c2c1=O. The van der Waals surface area contributed by atoms with Gasteiger partial charge < -0.3 is 4.74 Å². The molecule has 0 aliphatic carbocycles. The molecule has 136 valence electrons. The Morgan fingerprint density at radius 1 is 1.35 bits per heavy atom. The number of halogens is 1. The molecule has 0 spiro atoms. The van der Waals surface area contributed by atoms with E-state index in [1.807, 2.05) is 24.4 Å². The van der Waals surface area contributed by atoms with Crippen LogP contribution in [0.3, 0.4) is 0 Å². The lowest BCUT2D eigenvalue weighted by Gasteiger charge is -2.14. The lowest BCUT2D eigenvalue weighted by atomic mass is 10.1. The van der Waals surface area contributed by atoms with Crippen molar-refractivity contribution >= 4 is 39.1 Å². The summed E-state index contributed by atoms with van der Waals surface area (Å²) in [5.74, 6) is -0.426. The van der Waals surface area contributed by atoms with Gasteiger partial charge in [-0.25, -0.2) is 9.78 Å². The Morgan fingerprint density at radius 3 is 2.77 bits per heavy atom. The maximum absolute atomic E-state index is 13.0. The van der Waals surface area contributed by atoms with E-state index in [0.29, 0.717) is 21.8 Å². The molecule has 0 N–H and O–H groups in total. The molecule has 0 aliphatic heterocycles. The number of esters is 1. The molecule has 0 radical (unpaired) electrons. The van der Waals surface area contributed by atoms with E-state index in [4.69, 9.17) is 16.3 Å². The average Bonchev–Trinajstić information content (AvgIpc) is 3.07. The summed E-state index contributed by atoms with van der Waals surface area (Å²) in [4.78, 5) is 30.2. The highest BCUT2D eigenvalue weighted by molar-refractivity contribution is 7.17. The minimum atomic E-state index is -0.728. The Bertz CT molecular complexity index is 979. The number of carbonyl (C=O) groups excluding carboxylic acids is 1. The largest absolute Gasteiger partial charge is 0.464 e. The minimum absolute atomic E-state index is 0.249. The van der Waals surface area contributed by atoms with Crippen molar-refractivity contribution in [1.29, 1.82) is 0 Å². The quantitative estimate of drug-likeness (QED) is 0.452. The van der Waals surface area contributed by atoms with Crippen molar-refractivity contribution in [3.8, 4) is 11.1 Å². The van der Waals surface area contributed by atoms with Crippen LogP contribution in [0.1, 0.15) is 32.7 Å². The second-order valence-corrected chi connectivity index (χ2v) is 7.28. The summed E-state index contributed by atoms with van der Waals surface area (Å²) < 4.78 is 6.57. The molecule has 5 nitrogen and oxygen atoms in total. The fourth-order valence-corrected chi connectivity index (χ4v) is 3.65. The third kappa shape index (κ3) is 3.66. The number of nitrogens with zero attached hydrogens (tertiary/aromatic N) is 2. The van der Waals surface area contributed by atoms with Gasteiger partial charge in [-0.2, -0.15) is 0 Å². The highest BCUT2D eigenvalue weighted by Crippen LogP contribution is 2.31. The highest BCUT2D eigenvalue weighted by Gasteiger charge is 2.21. The van der Waals surface area contributed by atoms with Crippen molar-refractivity contribution in [3.63, 3.8) is 0 Å². The van der Waals surface area contributed by atoms with Crippen molar-refractivity contribution in [1.82, 2.24) is 9.55 Å². The summed E-state index contributed by atoms with van der Waals surface area (Å²) in [6.07, 6.45) is 3.16. The van der Waals surface area contributed by atoms with Crippen molar-refractivity contribution in [2.24, 2.45) is 0 Å². The molecule has 0 saturated heterocycles. The Labute approximate surface area is 160 Å². The first-order chi connectivity index (χ1) is 12.5. The van der Waals surface area contributed by atoms with Crippen LogP contribution in [-0.4, -0.2) is 22.1 Å². The third-order valence-electron chi connectivity index (χ3n) is 4.18. The van der Waals surface area contributed by atoms with Gasteiger partial charge in [0.25, 0.3) is 5.56 Å². The second-order valence-electron chi connectivity index (χ2n) is 5.99. The number of ether oxygens (including phenoxy) is 1. The van der Waals surface area contributed by atoms with Crippen LogP contribution in [0.4, 0.5) is 0 Å². The van der Waals surface area contributed by atoms with Crippen molar-refractivity contribution in [2.45, 2.75) is 32.7 Å². The molecule has 0 amide bonds. The monoisotopic (exact) mass is 390 g/mol. The molecular formula is C19H19ClN2O3S. The zero-order valence-electron chi connectivity index (χ0n) is 14.6. The predicted molar refractivity (Wildman–Crippen MR) is 105 cm³/mol. The molecule has 0 fully saturated rings. The van der Waals surface area contributed by atoms with Crippen LogP contribution in [0.25, 0.3) is 21.3 Å². The number of rotatable bonds is 6. The fourth-order valence-electron chi connectivity index (χ4n) is 2.61. The molecule has 1 aromatic carbocycles. The molecule has 0 aliphatic rings. The van der Waals surface area contributed by atoms with Gasteiger partial charge in [0.05, 0.1) is 18.3 Å². The predicted octanol–water partition coefficient (Wildman–Crippen LogP) is 4.68. The van der Waals surface area contributed by atoms with Gasteiger partial charge in [0.1, 0.15) is 10.9 Å². The highest BCUT2D eigenvalue weighted by atomic mass is 35.5. The van der Waals surface area contributed by atoms with Crippen molar-refractivity contribution in [3.05, 3.63) is 51.3 Å². The normalized spacial score (nSPS) is 12.3. The van der Waals surface area contributed by atoms with E-state index in [-0.39, 0.29) is 5.56 Å². The van der Waals surface area contributed by atoms with E-state index in [9.17, 15) is 9.59 Å². The number of thiophene rings is 1. The van der Waals surface area contributed by atoms with Gasteiger partial charge in [-0.15, -0.1) is 11.3 Å². The van der Waals surface area contributed by atoms with Crippen LogP contribution < -0.4 is 5.56 Å². The van der Waals surface area contributed by atoms with Gasteiger partial charge in [-0.1, -0.05) is 37.1 Å². The molecule has 1 atom stereocenters. The molecule has 2 aromatic heterocycles. The Balaban J connectivity index is 2.00. The molecule has 7 heteroatoms. The number of benzene rings is 1. The molecule has 0 bridgehead atoms. The summed E-state index contributed by atoms with van der Waals surface area (Å²) >= 11 is 7.35. The maximum Gasteiger partial charge on any atom is 0.328 e. The molecule has 2 heterocycles. The average molecular weight is 391 g/mol. The summed E-state index contributed by atoms with van der Waals surface area (Å²) in [6.45, 7) is 4.03. The first kappa shape index (κ1) is 18.6. The van der Waals surface area contributed by atoms with Crippen molar-refractivity contribution < 1.29 is 9.53 Å². The molecule has 3 rings (SSSR count). The fraction of sp³-hybridized carbons (Fsp3) is 0.316. The molecular weight excluding hydrogens is 372 g/mol. The molecule has 0 saturated carbocycles. The first-order valence-corrected chi connectivity index (χ1v) is 9.69. The van der Waals surface area contributed by atoms with Crippen LogP contribution in [0.15, 0.2) is 40.8 Å². The van der Waals surface area contributed by atoms with Gasteiger partial charge in [0, 0.05) is 16.0 Å². The van der Waals surface area contributed by atoms with Crippen LogP contribution in [0, 0.1) is 0 Å². The lowest BCUT2D eigenvalue weighted by molar-refractivity contribution is -0.147. The topological polar surface area (TPSA) is 61.2 Å². The number of hydrogen-bond donors (Lipinski definition) is 0. The second kappa shape index (κ2) is 8.01. The van der Waals surface area contributed by atoms with Gasteiger partial charge in [-0.05, 0) is 31.0 Å². The summed E-state index contributed by atoms with van der Waals surface area (Å²) in [7, 11) is 0. The van der Waals surface area contributed by atoms with Gasteiger partial charge in [-0.3, -0.25) is 9.36 Å². The van der Waals surface area contributed by atoms with Gasteiger partial charge >= 0.3 is 5.97 Å². The van der Waals surface area contributed by atoms with Gasteiger partial charge in [0.2, 0.25) is 0 Å². The van der Waals surface area contributed by atoms with E-state index in [1.165, 1.54) is 22.2 Å². The first-order valence-electron chi connectivity index (χ1n) is 8.43. The molecule has 26 heavy (non-hydrogen) atoms. The summed E-state index contributed by atoms with van der Waals surface area (Å²) in [5.41, 5.74) is 1.43. The van der Waals surface area contributed by atoms with Crippen LogP contribution in [-0.2, 0) is 9.53 Å². The summed E-state index contributed by atoms with van der Waals surface area (Å²) in [6, 6.07) is 6.56. The van der Waals surface area contributed by atoms with Crippen molar-refractivity contribution in [2.75, 3.05) is 6.61 Å². The zero-order chi connectivity index (χ0) is 18.7. The minimum Gasteiger partial charge on any atom is -0.464 e. The van der Waals surface area contributed by atoms with E-state index in [2.05, 4.69) is 4.98 Å². The Kier molecular flexibility index (Phi) is 5.74. The molecule has 3 aromatic rings.